The van der Waals surface area contributed by atoms with Gasteiger partial charge in [0.2, 0.25) is 5.91 Å². The van der Waals surface area contributed by atoms with Crippen molar-refractivity contribution in [3.8, 4) is 0 Å². The lowest BCUT2D eigenvalue weighted by molar-refractivity contribution is -0.134. The van der Waals surface area contributed by atoms with E-state index in [9.17, 15) is 9.59 Å². The van der Waals surface area contributed by atoms with Crippen LogP contribution in [-0.2, 0) is 12.6 Å². The molecule has 1 heterocycles. The Labute approximate surface area is 121 Å². The van der Waals surface area contributed by atoms with Gasteiger partial charge in [-0.05, 0) is 20.8 Å². The lowest BCUT2D eigenvalue weighted by atomic mass is 10.2. The predicted molar refractivity (Wildman–Crippen MR) is 74.4 cm³/mol. The van der Waals surface area contributed by atoms with Crippen LogP contribution in [0.5, 0.6) is 0 Å². The van der Waals surface area contributed by atoms with Crippen molar-refractivity contribution in [3.63, 3.8) is 0 Å². The summed E-state index contributed by atoms with van der Waals surface area (Å²) in [5.74, 6) is -0.0479. The van der Waals surface area contributed by atoms with Crippen LogP contribution in [0.25, 0.3) is 0 Å². The molecule has 18 heavy (non-hydrogen) atoms. The topological polar surface area (TPSA) is 59.1 Å². The van der Waals surface area contributed by atoms with Crippen LogP contribution in [-0.4, -0.2) is 60.2 Å². The van der Waals surface area contributed by atoms with Crippen molar-refractivity contribution in [2.45, 2.75) is 26.4 Å². The molecule has 0 bridgehead atoms. The fourth-order valence-corrected chi connectivity index (χ4v) is 1.87. The van der Waals surface area contributed by atoms with Crippen LogP contribution >= 0.6 is 23.0 Å². The van der Waals surface area contributed by atoms with Crippen LogP contribution in [0.4, 0.5) is 4.79 Å². The van der Waals surface area contributed by atoms with Gasteiger partial charge in [-0.1, -0.05) is 0 Å². The number of carbonyl (C=O) groups is 2. The first-order chi connectivity index (χ1) is 8.33. The van der Waals surface area contributed by atoms with Crippen LogP contribution in [0, 0.1) is 0 Å². The molecule has 0 spiro atoms. The van der Waals surface area contributed by atoms with Gasteiger partial charge in [0, 0.05) is 26.2 Å². The summed E-state index contributed by atoms with van der Waals surface area (Å²) in [6, 6.07) is 0. The zero-order chi connectivity index (χ0) is 13.8. The van der Waals surface area contributed by atoms with Gasteiger partial charge in [-0.25, -0.2) is 4.79 Å². The Bertz CT molecular complexity index is 309. The molecule has 1 saturated heterocycles. The molecule has 0 aromatic heterocycles. The van der Waals surface area contributed by atoms with Gasteiger partial charge in [0.25, 0.3) is 0 Å². The van der Waals surface area contributed by atoms with E-state index in [0.717, 1.165) is 0 Å². The van der Waals surface area contributed by atoms with Gasteiger partial charge in [0.15, 0.2) is 0 Å². The number of halogens is 1. The largest absolute Gasteiger partial charge is 0.444 e. The number of hydrogen-bond acceptors (Lipinski definition) is 4. The minimum atomic E-state index is -0.487. The van der Waals surface area contributed by atoms with E-state index in [2.05, 4.69) is 0 Å². The van der Waals surface area contributed by atoms with Crippen molar-refractivity contribution in [2.24, 2.45) is 0 Å². The van der Waals surface area contributed by atoms with Crippen molar-refractivity contribution in [1.29, 1.82) is 0 Å². The third-order valence-electron chi connectivity index (χ3n) is 2.46. The van der Waals surface area contributed by atoms with Gasteiger partial charge in [-0.3, -0.25) is 4.79 Å². The first kappa shape index (κ1) is 15.5. The second-order valence-electron chi connectivity index (χ2n) is 5.10. The van der Waals surface area contributed by atoms with E-state index in [0.29, 0.717) is 26.2 Å². The first-order valence-electron chi connectivity index (χ1n) is 5.83. The van der Waals surface area contributed by atoms with Crippen LogP contribution in [0.15, 0.2) is 0 Å². The Morgan fingerprint density at radius 2 is 1.61 bits per heavy atom. The SMILES string of the molecule is CC(C)(C)OC(=O)N1CCN(C(=O)COI)CC1. The summed E-state index contributed by atoms with van der Waals surface area (Å²) in [7, 11) is 0. The molecule has 0 radical (unpaired) electrons. The summed E-state index contributed by atoms with van der Waals surface area (Å²) in [6.45, 7) is 7.64. The van der Waals surface area contributed by atoms with Crippen LogP contribution in [0.1, 0.15) is 20.8 Å². The van der Waals surface area contributed by atoms with E-state index in [1.807, 2.05) is 20.8 Å². The normalized spacial score (nSPS) is 16.7. The maximum atomic E-state index is 11.8. The number of rotatable bonds is 2. The zero-order valence-corrected chi connectivity index (χ0v) is 13.1. The third kappa shape index (κ3) is 4.97. The molecule has 1 aliphatic rings. The molecule has 7 heteroatoms. The van der Waals surface area contributed by atoms with E-state index in [4.69, 9.17) is 7.80 Å². The number of carbonyl (C=O) groups excluding carboxylic acids is 2. The smallest absolute Gasteiger partial charge is 0.410 e. The van der Waals surface area contributed by atoms with Crippen molar-refractivity contribution < 1.29 is 17.4 Å². The molecular weight excluding hydrogens is 351 g/mol. The third-order valence-corrected chi connectivity index (χ3v) is 2.77. The number of ether oxygens (including phenoxy) is 1. The van der Waals surface area contributed by atoms with Gasteiger partial charge in [0.1, 0.15) is 35.2 Å². The Hall–Kier alpha value is -0.570. The molecule has 1 fully saturated rings. The van der Waals surface area contributed by atoms with Crippen molar-refractivity contribution >= 4 is 35.0 Å². The highest BCUT2D eigenvalue weighted by Crippen LogP contribution is 2.12. The van der Waals surface area contributed by atoms with Gasteiger partial charge in [0.05, 0.1) is 0 Å². The van der Waals surface area contributed by atoms with E-state index in [-0.39, 0.29) is 18.6 Å². The van der Waals surface area contributed by atoms with Crippen LogP contribution in [0.3, 0.4) is 0 Å². The second kappa shape index (κ2) is 6.55. The number of nitrogens with zero attached hydrogens (tertiary/aromatic N) is 2. The quantitative estimate of drug-likeness (QED) is 0.691. The maximum absolute atomic E-state index is 11.8. The summed E-state index contributed by atoms with van der Waals surface area (Å²) in [5.41, 5.74) is -0.487. The fraction of sp³-hybridized carbons (Fsp3) is 0.818. The number of hydrogen-bond donors (Lipinski definition) is 0. The molecule has 6 nitrogen and oxygen atoms in total. The van der Waals surface area contributed by atoms with Crippen molar-refractivity contribution in [1.82, 2.24) is 9.80 Å². The Morgan fingerprint density at radius 1 is 1.11 bits per heavy atom. The highest BCUT2D eigenvalue weighted by atomic mass is 127. The molecule has 1 rings (SSSR count). The predicted octanol–water partition coefficient (Wildman–Crippen LogP) is 1.43. The molecule has 1 aliphatic heterocycles. The zero-order valence-electron chi connectivity index (χ0n) is 10.9. The average molecular weight is 370 g/mol. The summed E-state index contributed by atoms with van der Waals surface area (Å²) in [6.07, 6.45) is -0.320. The molecule has 0 aromatic rings. The maximum Gasteiger partial charge on any atom is 0.410 e. The highest BCUT2D eigenvalue weighted by Gasteiger charge is 2.27. The minimum absolute atomic E-state index is 0.0479. The number of amides is 2. The fourth-order valence-electron chi connectivity index (χ4n) is 1.60. The Kier molecular flexibility index (Phi) is 5.64. The Morgan fingerprint density at radius 3 is 2.06 bits per heavy atom. The van der Waals surface area contributed by atoms with Gasteiger partial charge in [-0.15, -0.1) is 0 Å². The van der Waals surface area contributed by atoms with Gasteiger partial charge in [-0.2, -0.15) is 0 Å². The van der Waals surface area contributed by atoms with Gasteiger partial charge >= 0.3 is 6.09 Å². The lowest BCUT2D eigenvalue weighted by Gasteiger charge is -2.35. The molecule has 0 N–H and O–H groups in total. The standard InChI is InChI=1S/C11H19IN2O4/c1-11(2,3)18-10(16)14-6-4-13(5-7-14)9(15)8-17-12/h4-8H2,1-3H3. The summed E-state index contributed by atoms with van der Waals surface area (Å²) < 4.78 is 10.0. The van der Waals surface area contributed by atoms with E-state index < -0.39 is 5.60 Å². The second-order valence-corrected chi connectivity index (χ2v) is 5.72. The first-order valence-corrected chi connectivity index (χ1v) is 6.71. The van der Waals surface area contributed by atoms with Crippen LogP contribution < -0.4 is 0 Å². The monoisotopic (exact) mass is 370 g/mol. The number of piperazine rings is 1. The van der Waals surface area contributed by atoms with Gasteiger partial charge < -0.3 is 17.6 Å². The molecular formula is C11H19IN2O4. The van der Waals surface area contributed by atoms with Crippen molar-refractivity contribution in [3.05, 3.63) is 0 Å². The molecule has 0 aliphatic carbocycles. The van der Waals surface area contributed by atoms with E-state index in [1.165, 1.54) is 0 Å². The van der Waals surface area contributed by atoms with Crippen LogP contribution in [0.2, 0.25) is 0 Å². The minimum Gasteiger partial charge on any atom is -0.444 e. The summed E-state index contributed by atoms with van der Waals surface area (Å²) in [5, 5.41) is 0. The summed E-state index contributed by atoms with van der Waals surface area (Å²) in [4.78, 5) is 26.7. The Balaban J connectivity index is 2.39. The highest BCUT2D eigenvalue weighted by molar-refractivity contribution is 14.1. The molecule has 0 unspecified atom stereocenters. The summed E-state index contributed by atoms with van der Waals surface area (Å²) >= 11 is 1.70. The molecule has 0 aromatic carbocycles. The molecule has 2 amide bonds. The molecule has 0 atom stereocenters. The van der Waals surface area contributed by atoms with Crippen molar-refractivity contribution in [2.75, 3.05) is 32.8 Å². The molecule has 104 valence electrons. The van der Waals surface area contributed by atoms with E-state index in [1.54, 1.807) is 32.8 Å². The average Bonchev–Trinajstić information content (AvgIpc) is 2.27. The molecule has 0 saturated carbocycles. The van der Waals surface area contributed by atoms with E-state index >= 15 is 0 Å². The lowest BCUT2D eigenvalue weighted by Crippen LogP contribution is -2.52.